The van der Waals surface area contributed by atoms with Gasteiger partial charge >= 0.3 is 5.97 Å². The van der Waals surface area contributed by atoms with Gasteiger partial charge in [0.25, 0.3) is 0 Å². The number of amides is 2. The minimum Gasteiger partial charge on any atom is -0.481 e. The number of carbonyl (C=O) groups is 3. The van der Waals surface area contributed by atoms with Gasteiger partial charge in [0, 0.05) is 19.6 Å². The molecular formula is C15H24N2O4. The van der Waals surface area contributed by atoms with E-state index in [0.717, 1.165) is 12.8 Å². The van der Waals surface area contributed by atoms with Gasteiger partial charge in [0.1, 0.15) is 5.92 Å². The molecule has 0 bridgehead atoms. The SMILES string of the molecule is CCCC1(C(=O)O)CCN(C(=O)[C@H]2CCCNC2=O)CC1. The Morgan fingerprint density at radius 1 is 1.38 bits per heavy atom. The van der Waals surface area contributed by atoms with Crippen molar-refractivity contribution < 1.29 is 19.5 Å². The Balaban J connectivity index is 1.98. The zero-order valence-corrected chi connectivity index (χ0v) is 12.6. The van der Waals surface area contributed by atoms with Gasteiger partial charge in [0.05, 0.1) is 5.41 Å². The van der Waals surface area contributed by atoms with E-state index in [-0.39, 0.29) is 11.8 Å². The maximum absolute atomic E-state index is 12.4. The van der Waals surface area contributed by atoms with E-state index in [0.29, 0.717) is 45.3 Å². The minimum absolute atomic E-state index is 0.136. The third kappa shape index (κ3) is 3.19. The second-order valence-corrected chi connectivity index (χ2v) is 6.15. The fourth-order valence-electron chi connectivity index (χ4n) is 3.43. The molecule has 2 fully saturated rings. The zero-order chi connectivity index (χ0) is 15.5. The largest absolute Gasteiger partial charge is 0.481 e. The molecule has 2 aliphatic heterocycles. The quantitative estimate of drug-likeness (QED) is 0.758. The first-order chi connectivity index (χ1) is 10.00. The van der Waals surface area contributed by atoms with E-state index in [1.807, 2.05) is 6.92 Å². The number of nitrogens with zero attached hydrogens (tertiary/aromatic N) is 1. The molecule has 0 aromatic carbocycles. The lowest BCUT2D eigenvalue weighted by Gasteiger charge is -2.40. The van der Waals surface area contributed by atoms with Crippen molar-refractivity contribution in [2.24, 2.45) is 11.3 Å². The maximum atomic E-state index is 12.4. The van der Waals surface area contributed by atoms with Gasteiger partial charge in [0.2, 0.25) is 11.8 Å². The average Bonchev–Trinajstić information content (AvgIpc) is 2.48. The lowest BCUT2D eigenvalue weighted by molar-refractivity contribution is -0.157. The number of carboxylic acids is 1. The number of rotatable bonds is 4. The highest BCUT2D eigenvalue weighted by molar-refractivity contribution is 6.00. The van der Waals surface area contributed by atoms with Crippen LogP contribution in [0.4, 0.5) is 0 Å². The number of piperidine rings is 2. The van der Waals surface area contributed by atoms with E-state index in [1.54, 1.807) is 4.90 Å². The molecule has 2 N–H and O–H groups in total. The standard InChI is InChI=1S/C15H24N2O4/c1-2-5-15(14(20)21)6-9-17(10-7-15)13(19)11-4-3-8-16-12(11)18/h11H,2-10H2,1H3,(H,16,18)(H,20,21)/t11-/m0/s1. The Morgan fingerprint density at radius 3 is 2.57 bits per heavy atom. The van der Waals surface area contributed by atoms with Crippen LogP contribution in [0.3, 0.4) is 0 Å². The molecule has 0 aromatic heterocycles. The Hall–Kier alpha value is -1.59. The number of nitrogens with one attached hydrogen (secondary N) is 1. The smallest absolute Gasteiger partial charge is 0.309 e. The molecule has 0 unspecified atom stereocenters. The van der Waals surface area contributed by atoms with E-state index in [1.165, 1.54) is 0 Å². The molecule has 0 spiro atoms. The maximum Gasteiger partial charge on any atom is 0.309 e. The number of likely N-dealkylation sites (tertiary alicyclic amines) is 1. The van der Waals surface area contributed by atoms with Crippen molar-refractivity contribution in [2.75, 3.05) is 19.6 Å². The molecule has 118 valence electrons. The summed E-state index contributed by atoms with van der Waals surface area (Å²) in [6.45, 7) is 3.50. The lowest BCUT2D eigenvalue weighted by atomic mass is 9.75. The van der Waals surface area contributed by atoms with Crippen molar-refractivity contribution in [3.8, 4) is 0 Å². The van der Waals surface area contributed by atoms with Crippen LogP contribution in [0.2, 0.25) is 0 Å². The van der Waals surface area contributed by atoms with E-state index >= 15 is 0 Å². The third-order valence-electron chi connectivity index (χ3n) is 4.80. The van der Waals surface area contributed by atoms with Gasteiger partial charge in [-0.25, -0.2) is 0 Å². The Morgan fingerprint density at radius 2 is 2.05 bits per heavy atom. The third-order valence-corrected chi connectivity index (χ3v) is 4.80. The minimum atomic E-state index is -0.758. The van der Waals surface area contributed by atoms with Crippen molar-refractivity contribution >= 4 is 17.8 Å². The summed E-state index contributed by atoms with van der Waals surface area (Å²) in [5.41, 5.74) is -0.694. The molecule has 21 heavy (non-hydrogen) atoms. The second kappa shape index (κ2) is 6.45. The van der Waals surface area contributed by atoms with Crippen LogP contribution in [0.5, 0.6) is 0 Å². The number of aliphatic carboxylic acids is 1. The highest BCUT2D eigenvalue weighted by atomic mass is 16.4. The zero-order valence-electron chi connectivity index (χ0n) is 12.6. The molecule has 2 heterocycles. The summed E-state index contributed by atoms with van der Waals surface area (Å²) in [6, 6.07) is 0. The molecule has 1 atom stereocenters. The molecule has 0 saturated carbocycles. The van der Waals surface area contributed by atoms with Crippen molar-refractivity contribution in [1.82, 2.24) is 10.2 Å². The molecule has 6 heteroatoms. The van der Waals surface area contributed by atoms with Gasteiger partial charge in [-0.1, -0.05) is 13.3 Å². The van der Waals surface area contributed by atoms with E-state index < -0.39 is 17.3 Å². The molecule has 0 aromatic rings. The molecule has 6 nitrogen and oxygen atoms in total. The van der Waals surface area contributed by atoms with Gasteiger partial charge in [-0.15, -0.1) is 0 Å². The van der Waals surface area contributed by atoms with Crippen LogP contribution in [-0.4, -0.2) is 47.4 Å². The number of carboxylic acid groups (broad SMARTS) is 1. The highest BCUT2D eigenvalue weighted by Crippen LogP contribution is 2.37. The van der Waals surface area contributed by atoms with Gasteiger partial charge in [-0.3, -0.25) is 14.4 Å². The van der Waals surface area contributed by atoms with E-state index in [2.05, 4.69) is 5.32 Å². The topological polar surface area (TPSA) is 86.7 Å². The fourth-order valence-corrected chi connectivity index (χ4v) is 3.43. The Kier molecular flexibility index (Phi) is 4.85. The van der Waals surface area contributed by atoms with E-state index in [4.69, 9.17) is 0 Å². The van der Waals surface area contributed by atoms with Crippen LogP contribution < -0.4 is 5.32 Å². The van der Waals surface area contributed by atoms with Gasteiger partial charge in [-0.2, -0.15) is 0 Å². The monoisotopic (exact) mass is 296 g/mol. The van der Waals surface area contributed by atoms with Crippen LogP contribution in [-0.2, 0) is 14.4 Å². The van der Waals surface area contributed by atoms with Crippen LogP contribution in [0, 0.1) is 11.3 Å². The predicted octanol–water partition coefficient (Wildman–Crippen LogP) is 1.01. The highest BCUT2D eigenvalue weighted by Gasteiger charge is 2.43. The summed E-state index contributed by atoms with van der Waals surface area (Å²) < 4.78 is 0. The van der Waals surface area contributed by atoms with Crippen LogP contribution in [0.1, 0.15) is 45.4 Å². The van der Waals surface area contributed by atoms with Crippen molar-refractivity contribution in [2.45, 2.75) is 45.4 Å². The van der Waals surface area contributed by atoms with E-state index in [9.17, 15) is 19.5 Å². The normalized spacial score (nSPS) is 25.3. The van der Waals surface area contributed by atoms with Gasteiger partial charge in [-0.05, 0) is 32.1 Å². The molecule has 2 aliphatic rings. The predicted molar refractivity (Wildman–Crippen MR) is 76.5 cm³/mol. The van der Waals surface area contributed by atoms with Gasteiger partial charge < -0.3 is 15.3 Å². The Bertz CT molecular complexity index is 427. The molecule has 0 radical (unpaired) electrons. The average molecular weight is 296 g/mol. The first-order valence-electron chi connectivity index (χ1n) is 7.80. The van der Waals surface area contributed by atoms with Gasteiger partial charge in [0.15, 0.2) is 0 Å². The van der Waals surface area contributed by atoms with Crippen molar-refractivity contribution in [3.05, 3.63) is 0 Å². The summed E-state index contributed by atoms with van der Waals surface area (Å²) in [5.74, 6) is -1.66. The summed E-state index contributed by atoms with van der Waals surface area (Å²) in [7, 11) is 0. The fraction of sp³-hybridized carbons (Fsp3) is 0.800. The first kappa shape index (κ1) is 15.8. The summed E-state index contributed by atoms with van der Waals surface area (Å²) in [6.07, 6.45) is 3.86. The van der Waals surface area contributed by atoms with Crippen molar-refractivity contribution in [1.29, 1.82) is 0 Å². The number of hydrogen-bond acceptors (Lipinski definition) is 3. The molecular weight excluding hydrogens is 272 g/mol. The second-order valence-electron chi connectivity index (χ2n) is 6.15. The Labute approximate surface area is 124 Å². The summed E-state index contributed by atoms with van der Waals surface area (Å²) >= 11 is 0. The summed E-state index contributed by atoms with van der Waals surface area (Å²) in [5, 5.41) is 12.2. The van der Waals surface area contributed by atoms with Crippen LogP contribution in [0.15, 0.2) is 0 Å². The van der Waals surface area contributed by atoms with Crippen molar-refractivity contribution in [3.63, 3.8) is 0 Å². The van der Waals surface area contributed by atoms with Crippen LogP contribution in [0.25, 0.3) is 0 Å². The molecule has 0 aliphatic carbocycles. The summed E-state index contributed by atoms with van der Waals surface area (Å²) in [4.78, 5) is 37.4. The molecule has 2 saturated heterocycles. The molecule has 2 amide bonds. The van der Waals surface area contributed by atoms with Crippen LogP contribution >= 0.6 is 0 Å². The lowest BCUT2D eigenvalue weighted by Crippen LogP contribution is -2.51. The number of hydrogen-bond donors (Lipinski definition) is 2. The first-order valence-corrected chi connectivity index (χ1v) is 7.80. The number of carbonyl (C=O) groups excluding carboxylic acids is 2. The molecule has 2 rings (SSSR count).